The number of halogens is 1. The van der Waals surface area contributed by atoms with E-state index in [4.69, 9.17) is 11.6 Å². The van der Waals surface area contributed by atoms with E-state index in [9.17, 15) is 13.2 Å². The van der Waals surface area contributed by atoms with E-state index in [1.54, 1.807) is 43.4 Å². The molecule has 0 fully saturated rings. The van der Waals surface area contributed by atoms with E-state index in [0.29, 0.717) is 17.1 Å². The first-order valence-corrected chi connectivity index (χ1v) is 9.81. The van der Waals surface area contributed by atoms with Gasteiger partial charge in [-0.3, -0.25) is 9.52 Å². The highest BCUT2D eigenvalue weighted by Gasteiger charge is 2.21. The minimum atomic E-state index is -3.83. The lowest BCUT2D eigenvalue weighted by Gasteiger charge is -2.18. The number of anilines is 3. The summed E-state index contributed by atoms with van der Waals surface area (Å²) in [6, 6.07) is 11.0. The third-order valence-corrected chi connectivity index (χ3v) is 5.45. The Kier molecular flexibility index (Phi) is 5.83. The molecular weight excluding hydrogens is 374 g/mol. The van der Waals surface area contributed by atoms with Gasteiger partial charge in [0.1, 0.15) is 4.90 Å². The number of benzene rings is 2. The molecule has 0 aliphatic carbocycles. The van der Waals surface area contributed by atoms with E-state index in [0.717, 1.165) is 0 Å². The summed E-state index contributed by atoms with van der Waals surface area (Å²) in [6.07, 6.45) is 0. The molecule has 0 saturated carbocycles. The maximum atomic E-state index is 12.5. The summed E-state index contributed by atoms with van der Waals surface area (Å²) in [6.45, 7) is 5.44. The first kappa shape index (κ1) is 20.1. The molecule has 0 heterocycles. The molecular formula is C18H22ClN3O3S. The van der Waals surface area contributed by atoms with Gasteiger partial charge in [0.05, 0.1) is 5.02 Å². The molecule has 26 heavy (non-hydrogen) atoms. The molecule has 2 rings (SSSR count). The molecule has 0 atom stereocenters. The third-order valence-electron chi connectivity index (χ3n) is 3.59. The molecule has 1 amide bonds. The Bertz CT molecular complexity index is 904. The monoisotopic (exact) mass is 395 g/mol. The van der Waals surface area contributed by atoms with Crippen molar-refractivity contribution in [3.63, 3.8) is 0 Å². The summed E-state index contributed by atoms with van der Waals surface area (Å²) in [4.78, 5) is 12.0. The van der Waals surface area contributed by atoms with Crippen LogP contribution in [0.1, 0.15) is 20.8 Å². The Morgan fingerprint density at radius 2 is 1.50 bits per heavy atom. The summed E-state index contributed by atoms with van der Waals surface area (Å²) in [5.74, 6) is -0.123. The molecule has 2 aromatic rings. The molecule has 0 radical (unpaired) electrons. The number of carbonyl (C=O) groups is 1. The molecule has 0 aliphatic rings. The number of carbonyl (C=O) groups excluding carboxylic acids is 1. The Morgan fingerprint density at radius 1 is 0.962 bits per heavy atom. The topological polar surface area (TPSA) is 87.3 Å². The van der Waals surface area contributed by atoms with Gasteiger partial charge in [0.25, 0.3) is 10.0 Å². The number of amides is 1. The molecule has 0 bridgehead atoms. The van der Waals surface area contributed by atoms with Crippen LogP contribution in [-0.4, -0.2) is 21.4 Å². The van der Waals surface area contributed by atoms with E-state index in [1.165, 1.54) is 6.07 Å². The zero-order valence-electron chi connectivity index (χ0n) is 15.1. The standard InChI is InChI=1S/C18H22ClN3O3S/c1-18(2,3)17(23)21-12-5-7-13(8-6-12)22-26(24,25)16-10-9-14(20-4)11-15(16)19/h5-11,20,22H,1-4H3,(H,21,23). The van der Waals surface area contributed by atoms with Gasteiger partial charge in [0.2, 0.25) is 5.91 Å². The van der Waals surface area contributed by atoms with Crippen LogP contribution in [0.5, 0.6) is 0 Å². The SMILES string of the molecule is CNc1ccc(S(=O)(=O)Nc2ccc(NC(=O)C(C)(C)C)cc2)c(Cl)c1. The first-order chi connectivity index (χ1) is 12.0. The van der Waals surface area contributed by atoms with Gasteiger partial charge in [-0.15, -0.1) is 0 Å². The second kappa shape index (κ2) is 7.55. The van der Waals surface area contributed by atoms with Crippen molar-refractivity contribution in [2.75, 3.05) is 22.4 Å². The van der Waals surface area contributed by atoms with Gasteiger partial charge >= 0.3 is 0 Å². The lowest BCUT2D eigenvalue weighted by molar-refractivity contribution is -0.123. The van der Waals surface area contributed by atoms with Crippen molar-refractivity contribution in [3.8, 4) is 0 Å². The van der Waals surface area contributed by atoms with Crippen LogP contribution >= 0.6 is 11.6 Å². The molecule has 0 aliphatic heterocycles. The van der Waals surface area contributed by atoms with E-state index < -0.39 is 15.4 Å². The fraction of sp³-hybridized carbons (Fsp3) is 0.278. The summed E-state index contributed by atoms with van der Waals surface area (Å²) < 4.78 is 27.5. The molecule has 2 aromatic carbocycles. The highest BCUT2D eigenvalue weighted by Crippen LogP contribution is 2.27. The van der Waals surface area contributed by atoms with Crippen LogP contribution in [-0.2, 0) is 14.8 Å². The number of hydrogen-bond acceptors (Lipinski definition) is 4. The molecule has 3 N–H and O–H groups in total. The summed E-state index contributed by atoms with van der Waals surface area (Å²) in [7, 11) is -2.10. The highest BCUT2D eigenvalue weighted by atomic mass is 35.5. The van der Waals surface area contributed by atoms with E-state index in [1.807, 2.05) is 20.8 Å². The van der Waals surface area contributed by atoms with Gasteiger partial charge < -0.3 is 10.6 Å². The van der Waals surface area contributed by atoms with Gasteiger partial charge in [-0.1, -0.05) is 32.4 Å². The van der Waals surface area contributed by atoms with Crippen LogP contribution in [0.25, 0.3) is 0 Å². The van der Waals surface area contributed by atoms with Gasteiger partial charge in [-0.05, 0) is 42.5 Å². The number of rotatable bonds is 5. The van der Waals surface area contributed by atoms with Crippen LogP contribution in [0.15, 0.2) is 47.4 Å². The minimum Gasteiger partial charge on any atom is -0.388 e. The first-order valence-electron chi connectivity index (χ1n) is 7.94. The molecule has 0 spiro atoms. The number of hydrogen-bond donors (Lipinski definition) is 3. The minimum absolute atomic E-state index is 0.0109. The van der Waals surface area contributed by atoms with Crippen LogP contribution in [0.4, 0.5) is 17.1 Å². The molecule has 6 nitrogen and oxygen atoms in total. The quantitative estimate of drug-likeness (QED) is 0.709. The van der Waals surface area contributed by atoms with E-state index in [-0.39, 0.29) is 15.8 Å². The molecule has 140 valence electrons. The smallest absolute Gasteiger partial charge is 0.263 e. The maximum absolute atomic E-state index is 12.5. The summed E-state index contributed by atoms with van der Waals surface area (Å²) in [5, 5.41) is 5.80. The second-order valence-corrected chi connectivity index (χ2v) is 8.84. The van der Waals surface area contributed by atoms with Crippen molar-refractivity contribution >= 4 is 44.6 Å². The average Bonchev–Trinajstić information content (AvgIpc) is 2.55. The lowest BCUT2D eigenvalue weighted by atomic mass is 9.95. The Balaban J connectivity index is 2.16. The largest absolute Gasteiger partial charge is 0.388 e. The van der Waals surface area contributed by atoms with Gasteiger partial charge in [-0.25, -0.2) is 8.42 Å². The summed E-state index contributed by atoms with van der Waals surface area (Å²) in [5.41, 5.74) is 1.15. The number of nitrogens with one attached hydrogen (secondary N) is 3. The van der Waals surface area contributed by atoms with Gasteiger partial charge in [0.15, 0.2) is 0 Å². The fourth-order valence-corrected chi connectivity index (χ4v) is 3.63. The van der Waals surface area contributed by atoms with E-state index in [2.05, 4.69) is 15.4 Å². The van der Waals surface area contributed by atoms with Crippen LogP contribution in [0, 0.1) is 5.41 Å². The van der Waals surface area contributed by atoms with Crippen molar-refractivity contribution in [1.82, 2.24) is 0 Å². The number of sulfonamides is 1. The van der Waals surface area contributed by atoms with Crippen molar-refractivity contribution in [2.45, 2.75) is 25.7 Å². The predicted octanol–water partition coefficient (Wildman–Crippen LogP) is 4.17. The van der Waals surface area contributed by atoms with Crippen molar-refractivity contribution < 1.29 is 13.2 Å². The molecule has 0 saturated heterocycles. The Morgan fingerprint density at radius 3 is 2.00 bits per heavy atom. The highest BCUT2D eigenvalue weighted by molar-refractivity contribution is 7.92. The molecule has 0 unspecified atom stereocenters. The zero-order valence-corrected chi connectivity index (χ0v) is 16.6. The Hall–Kier alpha value is -2.25. The maximum Gasteiger partial charge on any atom is 0.263 e. The van der Waals surface area contributed by atoms with Gasteiger partial charge in [0, 0.05) is 29.5 Å². The van der Waals surface area contributed by atoms with Crippen molar-refractivity contribution in [1.29, 1.82) is 0 Å². The predicted molar refractivity (Wildman–Crippen MR) is 106 cm³/mol. The second-order valence-electron chi connectivity index (χ2n) is 6.78. The molecule has 8 heteroatoms. The van der Waals surface area contributed by atoms with Crippen molar-refractivity contribution in [2.24, 2.45) is 5.41 Å². The van der Waals surface area contributed by atoms with Crippen LogP contribution in [0.2, 0.25) is 5.02 Å². The van der Waals surface area contributed by atoms with Crippen LogP contribution < -0.4 is 15.4 Å². The summed E-state index contributed by atoms with van der Waals surface area (Å²) >= 11 is 6.08. The lowest BCUT2D eigenvalue weighted by Crippen LogP contribution is -2.27. The third kappa shape index (κ3) is 4.89. The van der Waals surface area contributed by atoms with Crippen molar-refractivity contribution in [3.05, 3.63) is 47.5 Å². The van der Waals surface area contributed by atoms with Gasteiger partial charge in [-0.2, -0.15) is 0 Å². The molecule has 0 aromatic heterocycles. The fourth-order valence-electron chi connectivity index (χ4n) is 2.02. The van der Waals surface area contributed by atoms with E-state index >= 15 is 0 Å². The zero-order chi connectivity index (χ0) is 19.5. The van der Waals surface area contributed by atoms with Crippen LogP contribution in [0.3, 0.4) is 0 Å². The average molecular weight is 396 g/mol. The Labute approximate surface area is 159 Å². The normalized spacial score (nSPS) is 11.7.